The molecule has 0 aliphatic carbocycles. The standard InChI is InChI=1S/C20H20N6O3/c1-24-10-8-19(27)25(13-20(24)28)17-11-16(15-5-3-4-9-21-15)26(23-17)14-6-7-18(29-2)22-12-14/h3-7,9,11-12H,8,10,13H2,1-2H3. The molecule has 0 atom stereocenters. The number of methoxy groups -OCH3 is 1. The first kappa shape index (κ1) is 18.6. The Hall–Kier alpha value is -3.75. The van der Waals surface area contributed by atoms with Crippen LogP contribution in [-0.2, 0) is 9.59 Å². The topological polar surface area (TPSA) is 93.5 Å². The molecule has 1 saturated heterocycles. The molecule has 0 unspecified atom stereocenters. The van der Waals surface area contributed by atoms with Crippen LogP contribution in [0.4, 0.5) is 5.82 Å². The number of pyridine rings is 2. The van der Waals surface area contributed by atoms with E-state index in [1.54, 1.807) is 48.3 Å². The zero-order chi connectivity index (χ0) is 20.4. The van der Waals surface area contributed by atoms with Crippen LogP contribution in [0.3, 0.4) is 0 Å². The second-order valence-corrected chi connectivity index (χ2v) is 6.62. The van der Waals surface area contributed by atoms with Gasteiger partial charge in [-0.05, 0) is 18.2 Å². The van der Waals surface area contributed by atoms with E-state index in [0.717, 1.165) is 0 Å². The lowest BCUT2D eigenvalue weighted by Crippen LogP contribution is -2.36. The number of carbonyl (C=O) groups excluding carboxylic acids is 2. The van der Waals surface area contributed by atoms with Gasteiger partial charge in [-0.15, -0.1) is 5.10 Å². The monoisotopic (exact) mass is 392 g/mol. The fraction of sp³-hybridized carbons (Fsp3) is 0.250. The van der Waals surface area contributed by atoms with Gasteiger partial charge in [-0.2, -0.15) is 0 Å². The third-order valence-corrected chi connectivity index (χ3v) is 4.76. The van der Waals surface area contributed by atoms with Gasteiger partial charge in [-0.25, -0.2) is 9.67 Å². The lowest BCUT2D eigenvalue weighted by Gasteiger charge is -2.17. The molecule has 0 radical (unpaired) electrons. The summed E-state index contributed by atoms with van der Waals surface area (Å²) in [6, 6.07) is 10.9. The fourth-order valence-electron chi connectivity index (χ4n) is 3.09. The van der Waals surface area contributed by atoms with Crippen LogP contribution in [-0.4, -0.2) is 63.7 Å². The molecule has 0 bridgehead atoms. The van der Waals surface area contributed by atoms with E-state index in [1.807, 2.05) is 24.3 Å². The number of rotatable bonds is 4. The highest BCUT2D eigenvalue weighted by Gasteiger charge is 2.28. The van der Waals surface area contributed by atoms with E-state index in [2.05, 4.69) is 15.1 Å². The predicted octanol–water partition coefficient (Wildman–Crippen LogP) is 1.53. The first-order valence-electron chi connectivity index (χ1n) is 9.13. The molecular formula is C20H20N6O3. The van der Waals surface area contributed by atoms with E-state index < -0.39 is 0 Å². The number of likely N-dealkylation sites (N-methyl/N-ethyl adjacent to an activating group) is 1. The number of nitrogens with zero attached hydrogens (tertiary/aromatic N) is 6. The minimum absolute atomic E-state index is 0.0468. The van der Waals surface area contributed by atoms with Crippen molar-refractivity contribution in [2.75, 3.05) is 32.1 Å². The van der Waals surface area contributed by atoms with E-state index in [0.29, 0.717) is 35.3 Å². The highest BCUT2D eigenvalue weighted by molar-refractivity contribution is 6.00. The van der Waals surface area contributed by atoms with Crippen LogP contribution in [0, 0.1) is 0 Å². The Morgan fingerprint density at radius 3 is 2.62 bits per heavy atom. The zero-order valence-electron chi connectivity index (χ0n) is 16.1. The normalized spacial score (nSPS) is 14.8. The number of anilines is 1. The van der Waals surface area contributed by atoms with Gasteiger partial charge in [0.05, 0.1) is 30.4 Å². The van der Waals surface area contributed by atoms with Crippen molar-refractivity contribution in [2.45, 2.75) is 6.42 Å². The van der Waals surface area contributed by atoms with Gasteiger partial charge in [0.15, 0.2) is 5.82 Å². The van der Waals surface area contributed by atoms with Crippen molar-refractivity contribution < 1.29 is 14.3 Å². The number of amides is 2. The molecule has 0 saturated carbocycles. The highest BCUT2D eigenvalue weighted by atomic mass is 16.5. The van der Waals surface area contributed by atoms with Gasteiger partial charge in [0.2, 0.25) is 17.7 Å². The Bertz CT molecular complexity index is 1030. The van der Waals surface area contributed by atoms with Crippen LogP contribution >= 0.6 is 0 Å². The number of carbonyl (C=O) groups is 2. The largest absolute Gasteiger partial charge is 0.481 e. The summed E-state index contributed by atoms with van der Waals surface area (Å²) >= 11 is 0. The Morgan fingerprint density at radius 2 is 1.93 bits per heavy atom. The first-order chi connectivity index (χ1) is 14.1. The van der Waals surface area contributed by atoms with Crippen LogP contribution in [0.25, 0.3) is 17.1 Å². The SMILES string of the molecule is COc1ccc(-n2nc(N3CC(=O)N(C)CCC3=O)cc2-c2ccccn2)cn1. The van der Waals surface area contributed by atoms with Gasteiger partial charge in [0, 0.05) is 38.3 Å². The van der Waals surface area contributed by atoms with Crippen molar-refractivity contribution in [1.29, 1.82) is 0 Å². The summed E-state index contributed by atoms with van der Waals surface area (Å²) in [5, 5.41) is 4.62. The molecule has 1 aliphatic rings. The number of ether oxygens (including phenoxy) is 1. The smallest absolute Gasteiger partial charge is 0.242 e. The van der Waals surface area contributed by atoms with Crippen molar-refractivity contribution in [3.63, 3.8) is 0 Å². The van der Waals surface area contributed by atoms with Gasteiger partial charge in [-0.1, -0.05) is 6.07 Å². The summed E-state index contributed by atoms with van der Waals surface area (Å²) in [5.74, 6) is 0.607. The quantitative estimate of drug-likeness (QED) is 0.669. The van der Waals surface area contributed by atoms with Crippen molar-refractivity contribution in [1.82, 2.24) is 24.6 Å². The first-order valence-corrected chi connectivity index (χ1v) is 9.13. The lowest BCUT2D eigenvalue weighted by molar-refractivity contribution is -0.128. The number of hydrogen-bond donors (Lipinski definition) is 0. The molecule has 0 N–H and O–H groups in total. The van der Waals surface area contributed by atoms with E-state index >= 15 is 0 Å². The molecule has 148 valence electrons. The van der Waals surface area contributed by atoms with E-state index in [-0.39, 0.29) is 24.8 Å². The van der Waals surface area contributed by atoms with Gasteiger partial charge in [-0.3, -0.25) is 19.5 Å². The minimum atomic E-state index is -0.146. The zero-order valence-corrected chi connectivity index (χ0v) is 16.1. The van der Waals surface area contributed by atoms with Crippen molar-refractivity contribution >= 4 is 17.6 Å². The molecule has 1 fully saturated rings. The predicted molar refractivity (Wildman–Crippen MR) is 106 cm³/mol. The molecule has 9 heteroatoms. The van der Waals surface area contributed by atoms with E-state index in [4.69, 9.17) is 4.74 Å². The summed E-state index contributed by atoms with van der Waals surface area (Å²) in [7, 11) is 3.24. The third kappa shape index (κ3) is 3.66. The molecule has 4 rings (SSSR count). The number of hydrogen-bond acceptors (Lipinski definition) is 6. The lowest BCUT2D eigenvalue weighted by atomic mass is 10.2. The van der Waals surface area contributed by atoms with Crippen LogP contribution in [0.1, 0.15) is 6.42 Å². The Balaban J connectivity index is 1.81. The van der Waals surface area contributed by atoms with Crippen LogP contribution < -0.4 is 9.64 Å². The molecule has 0 aromatic carbocycles. The maximum absolute atomic E-state index is 12.6. The summed E-state index contributed by atoms with van der Waals surface area (Å²) in [5.41, 5.74) is 2.06. The molecule has 9 nitrogen and oxygen atoms in total. The second-order valence-electron chi connectivity index (χ2n) is 6.62. The Kier molecular flexibility index (Phi) is 4.94. The highest BCUT2D eigenvalue weighted by Crippen LogP contribution is 2.27. The molecule has 4 heterocycles. The molecule has 0 spiro atoms. The maximum atomic E-state index is 12.6. The molecule has 3 aromatic rings. The average Bonchev–Trinajstić information content (AvgIpc) is 3.16. The minimum Gasteiger partial charge on any atom is -0.481 e. The van der Waals surface area contributed by atoms with Gasteiger partial charge < -0.3 is 9.64 Å². The van der Waals surface area contributed by atoms with Gasteiger partial charge >= 0.3 is 0 Å². The second kappa shape index (κ2) is 7.70. The number of aromatic nitrogens is 4. The Labute approximate surface area is 167 Å². The molecule has 2 amide bonds. The molecular weight excluding hydrogens is 372 g/mol. The molecule has 1 aliphatic heterocycles. The fourth-order valence-corrected chi connectivity index (χ4v) is 3.09. The van der Waals surface area contributed by atoms with E-state index in [9.17, 15) is 9.59 Å². The molecule has 29 heavy (non-hydrogen) atoms. The average molecular weight is 392 g/mol. The van der Waals surface area contributed by atoms with Crippen molar-refractivity contribution in [3.05, 3.63) is 48.8 Å². The third-order valence-electron chi connectivity index (χ3n) is 4.76. The Morgan fingerprint density at radius 1 is 1.07 bits per heavy atom. The maximum Gasteiger partial charge on any atom is 0.242 e. The van der Waals surface area contributed by atoms with Gasteiger partial charge in [0.25, 0.3) is 0 Å². The summed E-state index contributed by atoms with van der Waals surface area (Å²) in [6.07, 6.45) is 3.57. The van der Waals surface area contributed by atoms with E-state index in [1.165, 1.54) is 4.90 Å². The van der Waals surface area contributed by atoms with Crippen LogP contribution in [0.15, 0.2) is 48.8 Å². The molecule has 3 aromatic heterocycles. The summed E-state index contributed by atoms with van der Waals surface area (Å²) in [4.78, 5) is 36.6. The summed E-state index contributed by atoms with van der Waals surface area (Å²) in [6.45, 7) is 0.346. The van der Waals surface area contributed by atoms with Crippen LogP contribution in [0.5, 0.6) is 5.88 Å². The van der Waals surface area contributed by atoms with Crippen molar-refractivity contribution in [3.8, 4) is 23.0 Å². The summed E-state index contributed by atoms with van der Waals surface area (Å²) < 4.78 is 6.79. The van der Waals surface area contributed by atoms with Crippen LogP contribution in [0.2, 0.25) is 0 Å². The van der Waals surface area contributed by atoms with Crippen molar-refractivity contribution in [2.24, 2.45) is 0 Å². The van der Waals surface area contributed by atoms with Gasteiger partial charge in [0.1, 0.15) is 6.54 Å².